The first-order valence-electron chi connectivity index (χ1n) is 7.16. The van der Waals surface area contributed by atoms with Crippen LogP contribution in [-0.4, -0.2) is 46.8 Å². The zero-order chi connectivity index (χ0) is 15.2. The highest BCUT2D eigenvalue weighted by Gasteiger charge is 2.28. The van der Waals surface area contributed by atoms with Crippen LogP contribution in [0.3, 0.4) is 0 Å². The minimum atomic E-state index is -0.134. The normalized spacial score (nSPS) is 19.8. The van der Waals surface area contributed by atoms with E-state index in [1.54, 1.807) is 0 Å². The van der Waals surface area contributed by atoms with Gasteiger partial charge in [-0.3, -0.25) is 4.79 Å². The number of carbonyl (C=O) groups excluding carboxylic acids is 1. The molecule has 0 radical (unpaired) electrons. The maximum absolute atomic E-state index is 12.3. The van der Waals surface area contributed by atoms with Gasteiger partial charge in [-0.2, -0.15) is 5.10 Å². The molecule has 0 aromatic heterocycles. The third kappa shape index (κ3) is 3.70. The fraction of sp³-hybridized carbons (Fsp3) is 0.375. The molecule has 5 heteroatoms. The molecule has 0 saturated heterocycles. The number of amides is 1. The van der Waals surface area contributed by atoms with Crippen molar-refractivity contribution in [2.45, 2.75) is 19.8 Å². The number of rotatable bonds is 5. The van der Waals surface area contributed by atoms with Crippen molar-refractivity contribution in [1.82, 2.24) is 9.91 Å². The van der Waals surface area contributed by atoms with Crippen molar-refractivity contribution >= 4 is 11.6 Å². The van der Waals surface area contributed by atoms with Crippen molar-refractivity contribution in [2.24, 2.45) is 5.10 Å². The van der Waals surface area contributed by atoms with Gasteiger partial charge in [-0.1, -0.05) is 19.4 Å². The predicted molar refractivity (Wildman–Crippen MR) is 83.4 cm³/mol. The Balaban J connectivity index is 2.20. The summed E-state index contributed by atoms with van der Waals surface area (Å²) in [4.78, 5) is 14.2. The molecule has 0 bridgehead atoms. The molecule has 0 fully saturated rings. The van der Waals surface area contributed by atoms with Gasteiger partial charge in [0.25, 0.3) is 5.91 Å². The highest BCUT2D eigenvalue weighted by Crippen LogP contribution is 2.19. The lowest BCUT2D eigenvalue weighted by Gasteiger charge is -2.11. The Bertz CT molecular complexity index is 540. The molecule has 5 nitrogen and oxygen atoms in total. The van der Waals surface area contributed by atoms with Crippen LogP contribution < -0.4 is 0 Å². The lowest BCUT2D eigenvalue weighted by Crippen LogP contribution is -2.25. The lowest BCUT2D eigenvalue weighted by molar-refractivity contribution is -0.126. The molecule has 0 aromatic carbocycles. The zero-order valence-electron chi connectivity index (χ0n) is 12.5. The van der Waals surface area contributed by atoms with Crippen LogP contribution in [0.5, 0.6) is 0 Å². The standard InChI is InChI=1S/C16H21N3O2/c1-3-4-15-14(16(21)19(17-15)11-12-20)6-5-13-7-9-18(2)10-8-13/h5-10,20H,3-4,11-12H2,1-2H3/b14-6-. The molecule has 0 aromatic rings. The van der Waals surface area contributed by atoms with Crippen molar-refractivity contribution in [1.29, 1.82) is 0 Å². The fourth-order valence-electron chi connectivity index (χ4n) is 2.15. The summed E-state index contributed by atoms with van der Waals surface area (Å²) in [7, 11) is 1.96. The number of hydrogen-bond acceptors (Lipinski definition) is 4. The first kappa shape index (κ1) is 15.3. The average Bonchev–Trinajstić information content (AvgIpc) is 2.76. The molecule has 2 aliphatic rings. The van der Waals surface area contributed by atoms with Gasteiger partial charge in [-0.25, -0.2) is 5.01 Å². The molecular weight excluding hydrogens is 266 g/mol. The van der Waals surface area contributed by atoms with Crippen molar-refractivity contribution in [2.75, 3.05) is 20.2 Å². The summed E-state index contributed by atoms with van der Waals surface area (Å²) < 4.78 is 0. The van der Waals surface area contributed by atoms with Crippen LogP contribution in [0.2, 0.25) is 0 Å². The van der Waals surface area contributed by atoms with Crippen LogP contribution in [0.4, 0.5) is 0 Å². The summed E-state index contributed by atoms with van der Waals surface area (Å²) in [5.41, 5.74) is 2.46. The van der Waals surface area contributed by atoms with E-state index in [1.165, 1.54) is 5.01 Å². The Hall–Kier alpha value is -2.14. The third-order valence-corrected chi connectivity index (χ3v) is 3.26. The number of nitrogens with zero attached hydrogens (tertiary/aromatic N) is 3. The van der Waals surface area contributed by atoms with Crippen LogP contribution >= 0.6 is 0 Å². The van der Waals surface area contributed by atoms with Gasteiger partial charge in [0.05, 0.1) is 24.4 Å². The van der Waals surface area contributed by atoms with Crippen LogP contribution in [0.15, 0.2) is 53.0 Å². The maximum atomic E-state index is 12.3. The smallest absolute Gasteiger partial charge is 0.275 e. The minimum absolute atomic E-state index is 0.0825. The van der Waals surface area contributed by atoms with Gasteiger partial charge < -0.3 is 10.0 Å². The summed E-state index contributed by atoms with van der Waals surface area (Å²) in [5, 5.41) is 14.6. The molecule has 2 rings (SSSR count). The van der Waals surface area contributed by atoms with E-state index >= 15 is 0 Å². The van der Waals surface area contributed by atoms with E-state index in [0.717, 1.165) is 24.1 Å². The second-order valence-electron chi connectivity index (χ2n) is 4.99. The Labute approximate surface area is 125 Å². The molecule has 0 aliphatic carbocycles. The van der Waals surface area contributed by atoms with Gasteiger partial charge in [0.1, 0.15) is 0 Å². The largest absolute Gasteiger partial charge is 0.394 e. The number of β-amino-alcohol motifs (C(OH)–C–C–N with tert-alkyl or cyclic N) is 1. The Morgan fingerprint density at radius 3 is 2.62 bits per heavy atom. The molecule has 0 unspecified atom stereocenters. The number of allylic oxidation sites excluding steroid dienone is 5. The van der Waals surface area contributed by atoms with E-state index in [1.807, 2.05) is 48.7 Å². The number of hydrogen-bond donors (Lipinski definition) is 1. The Kier molecular flexibility index (Phi) is 5.11. The number of aliphatic hydroxyl groups is 1. The van der Waals surface area contributed by atoms with Crippen LogP contribution in [0.1, 0.15) is 19.8 Å². The molecule has 2 aliphatic heterocycles. The molecule has 2 heterocycles. The fourth-order valence-corrected chi connectivity index (χ4v) is 2.15. The van der Waals surface area contributed by atoms with Gasteiger partial charge in [0, 0.05) is 19.4 Å². The van der Waals surface area contributed by atoms with E-state index in [0.29, 0.717) is 5.57 Å². The monoisotopic (exact) mass is 287 g/mol. The van der Waals surface area contributed by atoms with E-state index < -0.39 is 0 Å². The van der Waals surface area contributed by atoms with Crippen molar-refractivity contribution < 1.29 is 9.90 Å². The third-order valence-electron chi connectivity index (χ3n) is 3.26. The second kappa shape index (κ2) is 7.04. The first-order chi connectivity index (χ1) is 10.2. The zero-order valence-corrected chi connectivity index (χ0v) is 12.5. The predicted octanol–water partition coefficient (Wildman–Crippen LogP) is 1.80. The summed E-state index contributed by atoms with van der Waals surface area (Å²) in [5.74, 6) is -0.134. The minimum Gasteiger partial charge on any atom is -0.394 e. The molecule has 21 heavy (non-hydrogen) atoms. The lowest BCUT2D eigenvalue weighted by atomic mass is 10.0. The number of carbonyl (C=O) groups is 1. The summed E-state index contributed by atoms with van der Waals surface area (Å²) in [6.45, 7) is 2.21. The van der Waals surface area contributed by atoms with Crippen molar-refractivity contribution in [3.8, 4) is 0 Å². The van der Waals surface area contributed by atoms with Crippen LogP contribution in [0, 0.1) is 0 Å². The average molecular weight is 287 g/mol. The summed E-state index contributed by atoms with van der Waals surface area (Å²) in [6, 6.07) is 0. The number of hydrazone groups is 1. The second-order valence-corrected chi connectivity index (χ2v) is 4.99. The van der Waals surface area contributed by atoms with E-state index in [9.17, 15) is 4.79 Å². The van der Waals surface area contributed by atoms with E-state index in [4.69, 9.17) is 5.11 Å². The molecule has 0 saturated carbocycles. The quantitative estimate of drug-likeness (QED) is 0.785. The van der Waals surface area contributed by atoms with Gasteiger partial charge in [-0.15, -0.1) is 0 Å². The van der Waals surface area contributed by atoms with Gasteiger partial charge in [0.2, 0.25) is 0 Å². The van der Waals surface area contributed by atoms with Crippen molar-refractivity contribution in [3.05, 3.63) is 47.9 Å². The molecular formula is C16H21N3O2. The molecule has 1 amide bonds. The molecule has 112 valence electrons. The summed E-state index contributed by atoms with van der Waals surface area (Å²) >= 11 is 0. The Morgan fingerprint density at radius 1 is 1.29 bits per heavy atom. The molecule has 1 N–H and O–H groups in total. The maximum Gasteiger partial charge on any atom is 0.275 e. The molecule has 0 spiro atoms. The SMILES string of the molecule is CCCC1=NN(CCO)C(=O)/C1=C\C=C1C=CN(C)C=C1. The highest BCUT2D eigenvalue weighted by atomic mass is 16.3. The topological polar surface area (TPSA) is 56.1 Å². The van der Waals surface area contributed by atoms with Gasteiger partial charge in [0.15, 0.2) is 0 Å². The van der Waals surface area contributed by atoms with Crippen LogP contribution in [0.25, 0.3) is 0 Å². The molecule has 0 atom stereocenters. The summed E-state index contributed by atoms with van der Waals surface area (Å²) in [6.07, 6.45) is 13.3. The van der Waals surface area contributed by atoms with E-state index in [2.05, 4.69) is 12.0 Å². The van der Waals surface area contributed by atoms with Crippen LogP contribution in [-0.2, 0) is 4.79 Å². The van der Waals surface area contributed by atoms with Gasteiger partial charge in [-0.05, 0) is 30.2 Å². The highest BCUT2D eigenvalue weighted by molar-refractivity contribution is 6.24. The Morgan fingerprint density at radius 2 is 2.00 bits per heavy atom. The number of aliphatic hydroxyl groups excluding tert-OH is 1. The van der Waals surface area contributed by atoms with Gasteiger partial charge >= 0.3 is 0 Å². The van der Waals surface area contributed by atoms with E-state index in [-0.39, 0.29) is 19.1 Å². The van der Waals surface area contributed by atoms with Crippen molar-refractivity contribution in [3.63, 3.8) is 0 Å². The first-order valence-corrected chi connectivity index (χ1v) is 7.16.